The number of amidine groups is 1. The van der Waals surface area contributed by atoms with Crippen molar-refractivity contribution in [3.8, 4) is 0 Å². The lowest BCUT2D eigenvalue weighted by Gasteiger charge is -2.16. The van der Waals surface area contributed by atoms with Crippen LogP contribution < -0.4 is 0 Å². The molecule has 0 aromatic heterocycles. The summed E-state index contributed by atoms with van der Waals surface area (Å²) >= 11 is 0. The van der Waals surface area contributed by atoms with E-state index in [1.165, 1.54) is 6.07 Å². The minimum absolute atomic E-state index is 0.113. The molecule has 8 heteroatoms. The summed E-state index contributed by atoms with van der Waals surface area (Å²) in [7, 11) is -3.82. The summed E-state index contributed by atoms with van der Waals surface area (Å²) < 4.78 is 30.9. The Labute approximate surface area is 129 Å². The van der Waals surface area contributed by atoms with Crippen molar-refractivity contribution >= 4 is 27.5 Å². The van der Waals surface area contributed by atoms with Crippen molar-refractivity contribution in [2.75, 3.05) is 13.2 Å². The first-order valence-electron chi connectivity index (χ1n) is 6.74. The maximum absolute atomic E-state index is 12.6. The molecular formula is C14H17N3O4S. The summed E-state index contributed by atoms with van der Waals surface area (Å²) in [4.78, 5) is 11.8. The molecule has 0 aliphatic carbocycles. The number of sulfonamides is 1. The summed E-state index contributed by atoms with van der Waals surface area (Å²) in [5.41, 5.74) is 1.10. The minimum atomic E-state index is -3.82. The zero-order valence-corrected chi connectivity index (χ0v) is 13.4. The van der Waals surface area contributed by atoms with E-state index in [0.29, 0.717) is 11.3 Å². The minimum Gasteiger partial charge on any atom is -0.465 e. The van der Waals surface area contributed by atoms with Crippen LogP contribution in [0.2, 0.25) is 0 Å². The third-order valence-corrected chi connectivity index (χ3v) is 4.65. The second kappa shape index (κ2) is 6.27. The number of rotatable bonds is 4. The Morgan fingerprint density at radius 1 is 1.27 bits per heavy atom. The van der Waals surface area contributed by atoms with E-state index in [2.05, 4.69) is 10.2 Å². The number of esters is 1. The van der Waals surface area contributed by atoms with Crippen LogP contribution in [0, 0.1) is 0 Å². The van der Waals surface area contributed by atoms with E-state index in [0.717, 1.165) is 4.31 Å². The first kappa shape index (κ1) is 16.2. The van der Waals surface area contributed by atoms with Gasteiger partial charge in [-0.05, 0) is 32.9 Å². The standard InChI is InChI=1S/C14H17N3O4S/c1-4-21-13(18)9-17-14(16-15-10(2)3)11-7-5-6-8-12(11)22(17,19)20/h5-8H,4,9H2,1-3H3/b16-14+. The number of ether oxygens (including phenoxy) is 1. The molecule has 0 spiro atoms. The molecule has 0 amide bonds. The van der Waals surface area contributed by atoms with Crippen molar-refractivity contribution in [2.24, 2.45) is 10.2 Å². The molecule has 0 saturated heterocycles. The number of carbonyl (C=O) groups is 1. The van der Waals surface area contributed by atoms with Crippen molar-refractivity contribution in [2.45, 2.75) is 25.7 Å². The largest absolute Gasteiger partial charge is 0.465 e. The van der Waals surface area contributed by atoms with Crippen LogP contribution in [0.5, 0.6) is 0 Å². The predicted octanol–water partition coefficient (Wildman–Crippen LogP) is 1.40. The van der Waals surface area contributed by atoms with Crippen LogP contribution in [0.25, 0.3) is 0 Å². The van der Waals surface area contributed by atoms with Gasteiger partial charge < -0.3 is 4.74 Å². The molecule has 1 aliphatic rings. The third-order valence-electron chi connectivity index (χ3n) is 2.85. The predicted molar refractivity (Wildman–Crippen MR) is 82.3 cm³/mol. The summed E-state index contributed by atoms with van der Waals surface area (Å²) in [5.74, 6) is -0.506. The Balaban J connectivity index is 2.53. The molecular weight excluding hydrogens is 306 g/mol. The maximum atomic E-state index is 12.6. The van der Waals surface area contributed by atoms with Gasteiger partial charge in [0, 0.05) is 11.3 Å². The normalized spacial score (nSPS) is 17.2. The lowest BCUT2D eigenvalue weighted by Crippen LogP contribution is -2.36. The van der Waals surface area contributed by atoms with Gasteiger partial charge in [-0.25, -0.2) is 12.7 Å². The van der Waals surface area contributed by atoms with Gasteiger partial charge >= 0.3 is 5.97 Å². The highest BCUT2D eigenvalue weighted by Crippen LogP contribution is 2.30. The Morgan fingerprint density at radius 3 is 2.59 bits per heavy atom. The fourth-order valence-electron chi connectivity index (χ4n) is 1.98. The first-order chi connectivity index (χ1) is 10.4. The second-order valence-corrected chi connectivity index (χ2v) is 6.61. The quantitative estimate of drug-likeness (QED) is 0.476. The zero-order chi connectivity index (χ0) is 16.3. The van der Waals surface area contributed by atoms with Gasteiger partial charge in [-0.15, -0.1) is 5.10 Å². The summed E-state index contributed by atoms with van der Waals surface area (Å²) in [6.07, 6.45) is 0. The zero-order valence-electron chi connectivity index (χ0n) is 12.6. The second-order valence-electron chi connectivity index (χ2n) is 4.78. The highest BCUT2D eigenvalue weighted by molar-refractivity contribution is 7.90. The number of benzene rings is 1. The van der Waals surface area contributed by atoms with E-state index >= 15 is 0 Å². The molecule has 118 valence electrons. The Morgan fingerprint density at radius 2 is 1.95 bits per heavy atom. The van der Waals surface area contributed by atoms with Crippen LogP contribution in [0.1, 0.15) is 26.3 Å². The van der Waals surface area contributed by atoms with Gasteiger partial charge in [0.05, 0.1) is 11.5 Å². The number of hydrogen-bond donors (Lipinski definition) is 0. The molecule has 2 rings (SSSR count). The molecule has 0 saturated carbocycles. The summed E-state index contributed by atoms with van der Waals surface area (Å²) in [5, 5.41) is 7.92. The van der Waals surface area contributed by atoms with Gasteiger partial charge in [-0.2, -0.15) is 5.10 Å². The number of hydrogen-bond acceptors (Lipinski definition) is 6. The number of nitrogens with zero attached hydrogens (tertiary/aromatic N) is 3. The molecule has 0 bridgehead atoms. The van der Waals surface area contributed by atoms with Gasteiger partial charge in [0.15, 0.2) is 5.84 Å². The highest BCUT2D eigenvalue weighted by Gasteiger charge is 2.40. The molecule has 0 fully saturated rings. The Kier molecular flexibility index (Phi) is 4.60. The van der Waals surface area contributed by atoms with Crippen molar-refractivity contribution in [3.05, 3.63) is 29.8 Å². The van der Waals surface area contributed by atoms with Crippen molar-refractivity contribution < 1.29 is 17.9 Å². The van der Waals surface area contributed by atoms with Crippen LogP contribution in [0.15, 0.2) is 39.4 Å². The summed E-state index contributed by atoms with van der Waals surface area (Å²) in [6, 6.07) is 6.45. The van der Waals surface area contributed by atoms with Gasteiger partial charge in [-0.1, -0.05) is 12.1 Å². The van der Waals surface area contributed by atoms with Gasteiger partial charge in [0.2, 0.25) is 0 Å². The summed E-state index contributed by atoms with van der Waals surface area (Å²) in [6.45, 7) is 4.90. The van der Waals surface area contributed by atoms with E-state index in [-0.39, 0.29) is 17.3 Å². The van der Waals surface area contributed by atoms with Crippen molar-refractivity contribution in [1.82, 2.24) is 4.31 Å². The van der Waals surface area contributed by atoms with Crippen LogP contribution in [0.3, 0.4) is 0 Å². The van der Waals surface area contributed by atoms with Crippen LogP contribution in [-0.2, 0) is 19.6 Å². The average Bonchev–Trinajstić information content (AvgIpc) is 2.66. The van der Waals surface area contributed by atoms with E-state index < -0.39 is 22.5 Å². The molecule has 22 heavy (non-hydrogen) atoms. The van der Waals surface area contributed by atoms with E-state index in [9.17, 15) is 13.2 Å². The fraction of sp³-hybridized carbons (Fsp3) is 0.357. The Hall–Kier alpha value is -2.22. The van der Waals surface area contributed by atoms with Crippen LogP contribution in [0.4, 0.5) is 0 Å². The molecule has 1 aromatic rings. The van der Waals surface area contributed by atoms with Crippen LogP contribution >= 0.6 is 0 Å². The smallest absolute Gasteiger partial charge is 0.326 e. The molecule has 1 aromatic carbocycles. The Bertz CT molecular complexity index is 749. The lowest BCUT2D eigenvalue weighted by molar-refractivity contribution is -0.142. The monoisotopic (exact) mass is 323 g/mol. The maximum Gasteiger partial charge on any atom is 0.326 e. The highest BCUT2D eigenvalue weighted by atomic mass is 32.2. The SMILES string of the molecule is CCOC(=O)CN1/C(=N/N=C(C)C)c2ccccc2S1(=O)=O. The first-order valence-corrected chi connectivity index (χ1v) is 8.18. The number of fused-ring (bicyclic) bond motifs is 1. The fourth-order valence-corrected chi connectivity index (χ4v) is 3.54. The number of carbonyl (C=O) groups excluding carboxylic acids is 1. The molecule has 0 N–H and O–H groups in total. The van der Waals surface area contributed by atoms with Gasteiger partial charge in [-0.3, -0.25) is 4.79 Å². The lowest BCUT2D eigenvalue weighted by atomic mass is 10.2. The average molecular weight is 323 g/mol. The topological polar surface area (TPSA) is 88.4 Å². The van der Waals surface area contributed by atoms with Crippen molar-refractivity contribution in [3.63, 3.8) is 0 Å². The van der Waals surface area contributed by atoms with Gasteiger partial charge in [0.25, 0.3) is 10.0 Å². The van der Waals surface area contributed by atoms with Crippen molar-refractivity contribution in [1.29, 1.82) is 0 Å². The van der Waals surface area contributed by atoms with Crippen LogP contribution in [-0.4, -0.2) is 43.4 Å². The molecule has 7 nitrogen and oxygen atoms in total. The molecule has 0 atom stereocenters. The molecule has 0 radical (unpaired) electrons. The van der Waals surface area contributed by atoms with E-state index in [1.54, 1.807) is 39.0 Å². The van der Waals surface area contributed by atoms with E-state index in [1.807, 2.05) is 0 Å². The van der Waals surface area contributed by atoms with Gasteiger partial charge in [0.1, 0.15) is 6.54 Å². The van der Waals surface area contributed by atoms with E-state index in [4.69, 9.17) is 4.74 Å². The molecule has 0 unspecified atom stereocenters. The molecule has 1 heterocycles. The third kappa shape index (κ3) is 3.01. The molecule has 1 aliphatic heterocycles.